The summed E-state index contributed by atoms with van der Waals surface area (Å²) in [5, 5.41) is 11.4. The van der Waals surface area contributed by atoms with Gasteiger partial charge in [0.05, 0.1) is 0 Å². The third-order valence-electron chi connectivity index (χ3n) is 4.98. The monoisotopic (exact) mass is 397 g/mol. The Morgan fingerprint density at radius 2 is 2.07 bits per heavy atom. The van der Waals surface area contributed by atoms with Crippen LogP contribution in [-0.4, -0.2) is 25.9 Å². The molecule has 4 rings (SSSR count). The number of allylic oxidation sites excluding steroid dienone is 1. The van der Waals surface area contributed by atoms with Crippen LogP contribution in [0.4, 0.5) is 0 Å². The SMILES string of the molecule is Cc1c(C2=CCC[S+]([O-])c3ccccc32)c2cc(P)ccc2n1CC(=O)O. The fourth-order valence-electron chi connectivity index (χ4n) is 3.83. The largest absolute Gasteiger partial charge is 0.611 e. The zero-order valence-electron chi connectivity index (χ0n) is 14.9. The molecule has 0 radical (unpaired) electrons. The lowest BCUT2D eigenvalue weighted by molar-refractivity contribution is -0.137. The van der Waals surface area contributed by atoms with Crippen molar-refractivity contribution in [3.8, 4) is 0 Å². The minimum Gasteiger partial charge on any atom is -0.611 e. The number of aliphatic carboxylic acids is 1. The molecule has 2 heterocycles. The normalized spacial score (nSPS) is 16.7. The van der Waals surface area contributed by atoms with E-state index < -0.39 is 17.1 Å². The minimum absolute atomic E-state index is 0.0839. The lowest BCUT2D eigenvalue weighted by atomic mass is 9.94. The smallest absolute Gasteiger partial charge is 0.323 e. The van der Waals surface area contributed by atoms with Crippen LogP contribution in [0, 0.1) is 6.92 Å². The number of carboxylic acid groups (broad SMARTS) is 1. The summed E-state index contributed by atoms with van der Waals surface area (Å²) in [4.78, 5) is 12.3. The molecule has 0 saturated heterocycles. The van der Waals surface area contributed by atoms with Crippen molar-refractivity contribution in [1.29, 1.82) is 0 Å². The van der Waals surface area contributed by atoms with E-state index in [2.05, 4.69) is 21.4 Å². The molecular formula is C21H20NO3PS. The standard InChI is InChI=1S/C21H20NO3PS/c1-13-21(16-6-4-10-27(25)19-7-3-2-5-15(16)19)17-11-14(26)8-9-18(17)22(13)12-20(23)24/h2-3,5-9,11H,4,10,12,26H2,1H3,(H,23,24). The van der Waals surface area contributed by atoms with Crippen molar-refractivity contribution in [2.24, 2.45) is 0 Å². The van der Waals surface area contributed by atoms with Gasteiger partial charge < -0.3 is 14.2 Å². The van der Waals surface area contributed by atoms with E-state index in [-0.39, 0.29) is 6.54 Å². The first-order valence-electron chi connectivity index (χ1n) is 8.76. The lowest BCUT2D eigenvalue weighted by Crippen LogP contribution is -2.10. The summed E-state index contributed by atoms with van der Waals surface area (Å²) in [5.41, 5.74) is 4.86. The van der Waals surface area contributed by atoms with Gasteiger partial charge >= 0.3 is 5.97 Å². The second-order valence-electron chi connectivity index (χ2n) is 6.67. The highest BCUT2D eigenvalue weighted by atomic mass is 32.2. The summed E-state index contributed by atoms with van der Waals surface area (Å²) in [6, 6.07) is 13.8. The van der Waals surface area contributed by atoms with Crippen molar-refractivity contribution in [3.63, 3.8) is 0 Å². The number of carbonyl (C=O) groups is 1. The molecule has 4 nitrogen and oxygen atoms in total. The predicted octanol–water partition coefficient (Wildman–Crippen LogP) is 3.48. The Morgan fingerprint density at radius 3 is 2.85 bits per heavy atom. The molecule has 1 aliphatic heterocycles. The molecule has 2 aromatic carbocycles. The summed E-state index contributed by atoms with van der Waals surface area (Å²) >= 11 is -1.03. The molecule has 0 bridgehead atoms. The van der Waals surface area contributed by atoms with Gasteiger partial charge in [0, 0.05) is 34.1 Å². The van der Waals surface area contributed by atoms with Crippen LogP contribution in [0.1, 0.15) is 23.2 Å². The lowest BCUT2D eigenvalue weighted by Gasteiger charge is -2.13. The highest BCUT2D eigenvalue weighted by molar-refractivity contribution is 7.91. The topological polar surface area (TPSA) is 65.3 Å². The highest BCUT2D eigenvalue weighted by Crippen LogP contribution is 2.39. The first kappa shape index (κ1) is 18.3. The van der Waals surface area contributed by atoms with E-state index in [0.717, 1.165) is 49.9 Å². The highest BCUT2D eigenvalue weighted by Gasteiger charge is 2.26. The average molecular weight is 397 g/mol. The molecule has 2 unspecified atom stereocenters. The molecule has 3 aromatic rings. The van der Waals surface area contributed by atoms with Gasteiger partial charge in [0.2, 0.25) is 0 Å². The Hall–Kier alpha value is -2.07. The number of rotatable bonds is 3. The Morgan fingerprint density at radius 1 is 1.30 bits per heavy atom. The maximum absolute atomic E-state index is 12.6. The van der Waals surface area contributed by atoms with Gasteiger partial charge in [-0.3, -0.25) is 4.79 Å². The van der Waals surface area contributed by atoms with Gasteiger partial charge in [-0.05, 0) is 53.2 Å². The predicted molar refractivity (Wildman–Crippen MR) is 113 cm³/mol. The van der Waals surface area contributed by atoms with Crippen LogP contribution >= 0.6 is 9.24 Å². The Balaban J connectivity index is 2.03. The van der Waals surface area contributed by atoms with Gasteiger partial charge in [-0.15, -0.1) is 9.24 Å². The van der Waals surface area contributed by atoms with E-state index in [4.69, 9.17) is 0 Å². The van der Waals surface area contributed by atoms with E-state index in [1.807, 2.05) is 47.9 Å². The fraction of sp³-hybridized carbons (Fsp3) is 0.190. The van der Waals surface area contributed by atoms with Gasteiger partial charge in [-0.1, -0.05) is 24.3 Å². The van der Waals surface area contributed by atoms with E-state index in [9.17, 15) is 14.5 Å². The van der Waals surface area contributed by atoms with Crippen molar-refractivity contribution < 1.29 is 14.5 Å². The van der Waals surface area contributed by atoms with Gasteiger partial charge in [0.15, 0.2) is 4.90 Å². The molecule has 0 aliphatic carbocycles. The number of carboxylic acids is 1. The first-order chi connectivity index (χ1) is 13.0. The molecule has 0 spiro atoms. The number of hydrogen-bond donors (Lipinski definition) is 1. The Kier molecular flexibility index (Phi) is 4.85. The molecule has 27 heavy (non-hydrogen) atoms. The van der Waals surface area contributed by atoms with Crippen LogP contribution < -0.4 is 5.30 Å². The average Bonchev–Trinajstić information content (AvgIpc) is 2.79. The van der Waals surface area contributed by atoms with Gasteiger partial charge in [0.25, 0.3) is 0 Å². The molecule has 0 saturated carbocycles. The zero-order chi connectivity index (χ0) is 19.1. The van der Waals surface area contributed by atoms with E-state index >= 15 is 0 Å². The summed E-state index contributed by atoms with van der Waals surface area (Å²) in [5.74, 6) is -0.268. The Labute approximate surface area is 163 Å². The molecule has 1 N–H and O–H groups in total. The van der Waals surface area contributed by atoms with Crippen LogP contribution in [0.15, 0.2) is 53.4 Å². The summed E-state index contributed by atoms with van der Waals surface area (Å²) in [6.07, 6.45) is 2.87. The third-order valence-corrected chi connectivity index (χ3v) is 6.80. The Bertz CT molecular complexity index is 1090. The first-order valence-corrected chi connectivity index (χ1v) is 10.7. The number of aromatic nitrogens is 1. The van der Waals surface area contributed by atoms with Crippen molar-refractivity contribution >= 4 is 48.2 Å². The number of fused-ring (bicyclic) bond motifs is 2. The molecule has 0 amide bonds. The van der Waals surface area contributed by atoms with Crippen LogP contribution in [0.2, 0.25) is 0 Å². The van der Waals surface area contributed by atoms with Gasteiger partial charge in [-0.2, -0.15) is 0 Å². The van der Waals surface area contributed by atoms with Crippen LogP contribution in [-0.2, 0) is 22.5 Å². The molecular weight excluding hydrogens is 377 g/mol. The van der Waals surface area contributed by atoms with Crippen molar-refractivity contribution in [3.05, 3.63) is 65.4 Å². The quantitative estimate of drug-likeness (QED) is 0.544. The maximum atomic E-state index is 12.6. The second-order valence-corrected chi connectivity index (χ2v) is 8.87. The van der Waals surface area contributed by atoms with Crippen LogP contribution in [0.25, 0.3) is 16.5 Å². The van der Waals surface area contributed by atoms with Crippen molar-refractivity contribution in [2.75, 3.05) is 5.75 Å². The molecule has 138 valence electrons. The number of nitrogens with zero attached hydrogens (tertiary/aromatic N) is 1. The molecule has 1 aromatic heterocycles. The summed E-state index contributed by atoms with van der Waals surface area (Å²) in [6.45, 7) is 1.88. The molecule has 0 fully saturated rings. The third kappa shape index (κ3) is 3.20. The van der Waals surface area contributed by atoms with E-state index in [1.54, 1.807) is 0 Å². The van der Waals surface area contributed by atoms with Gasteiger partial charge in [0.1, 0.15) is 12.3 Å². The summed E-state index contributed by atoms with van der Waals surface area (Å²) in [7, 11) is 2.71. The zero-order valence-corrected chi connectivity index (χ0v) is 16.9. The fourth-order valence-corrected chi connectivity index (χ4v) is 5.30. The van der Waals surface area contributed by atoms with E-state index in [1.165, 1.54) is 0 Å². The second kappa shape index (κ2) is 7.16. The maximum Gasteiger partial charge on any atom is 0.323 e. The van der Waals surface area contributed by atoms with Crippen molar-refractivity contribution in [2.45, 2.75) is 24.8 Å². The van der Waals surface area contributed by atoms with Crippen molar-refractivity contribution in [1.82, 2.24) is 4.57 Å². The molecule has 1 aliphatic rings. The summed E-state index contributed by atoms with van der Waals surface area (Å²) < 4.78 is 14.5. The molecule has 6 heteroatoms. The number of hydrogen-bond acceptors (Lipinski definition) is 2. The molecule has 2 atom stereocenters. The minimum atomic E-state index is -1.03. The van der Waals surface area contributed by atoms with Gasteiger partial charge in [-0.25, -0.2) is 0 Å². The number of benzene rings is 2. The van der Waals surface area contributed by atoms with Crippen LogP contribution in [0.3, 0.4) is 0 Å². The van der Waals surface area contributed by atoms with E-state index in [0.29, 0.717) is 5.75 Å². The van der Waals surface area contributed by atoms with Crippen LogP contribution in [0.5, 0.6) is 0 Å².